The van der Waals surface area contributed by atoms with E-state index in [1.54, 1.807) is 6.92 Å². The van der Waals surface area contributed by atoms with Gasteiger partial charge in [-0.25, -0.2) is 4.98 Å². The summed E-state index contributed by atoms with van der Waals surface area (Å²) >= 11 is 1.14. The Morgan fingerprint density at radius 2 is 2.00 bits per heavy atom. The predicted octanol–water partition coefficient (Wildman–Crippen LogP) is 1.48. The van der Waals surface area contributed by atoms with E-state index < -0.39 is 5.97 Å². The highest BCUT2D eigenvalue weighted by atomic mass is 32.1. The molecule has 1 aromatic carbocycles. The lowest BCUT2D eigenvalue weighted by atomic mass is 10.1. The summed E-state index contributed by atoms with van der Waals surface area (Å²) in [4.78, 5) is 15.3. The molecule has 0 spiro atoms. The second kappa shape index (κ2) is 3.82. The van der Waals surface area contributed by atoms with E-state index in [1.165, 1.54) is 0 Å². The van der Waals surface area contributed by atoms with Crippen LogP contribution >= 0.6 is 11.3 Å². The summed E-state index contributed by atoms with van der Waals surface area (Å²) < 4.78 is 0. The number of benzene rings is 1. The lowest BCUT2D eigenvalue weighted by Crippen LogP contribution is -2.21. The van der Waals surface area contributed by atoms with Crippen LogP contribution in [0, 0.1) is 6.92 Å². The molecule has 15 heavy (non-hydrogen) atoms. The molecule has 4 heteroatoms. The number of hydrogen-bond donors (Lipinski definition) is 0. The maximum Gasteiger partial charge on any atom is 0.0908 e. The zero-order chi connectivity index (χ0) is 10.8. The molecule has 0 radical (unpaired) electrons. The van der Waals surface area contributed by atoms with Crippen LogP contribution in [0.5, 0.6) is 0 Å². The van der Waals surface area contributed by atoms with Gasteiger partial charge in [-0.3, -0.25) is 0 Å². The lowest BCUT2D eigenvalue weighted by molar-refractivity contribution is -0.254. The predicted molar refractivity (Wildman–Crippen MR) is 56.6 cm³/mol. The lowest BCUT2D eigenvalue weighted by Gasteiger charge is -2.02. The Balaban J connectivity index is 2.58. The van der Waals surface area contributed by atoms with Gasteiger partial charge >= 0.3 is 0 Å². The minimum atomic E-state index is -1.17. The molecule has 0 amide bonds. The summed E-state index contributed by atoms with van der Waals surface area (Å²) in [7, 11) is 0. The molecule has 1 heterocycles. The van der Waals surface area contributed by atoms with Gasteiger partial charge in [0.25, 0.3) is 0 Å². The standard InChI is InChI=1S/C11H9NO2S/c1-7-12-9(10(15-7)11(13)14)8-5-3-2-4-6-8/h2-6H,1H3,(H,13,14)/p-1. The first-order chi connectivity index (χ1) is 7.18. The number of rotatable bonds is 2. The molecule has 0 saturated heterocycles. The third-order valence-corrected chi connectivity index (χ3v) is 2.92. The van der Waals surface area contributed by atoms with E-state index in [9.17, 15) is 9.90 Å². The molecule has 0 N–H and O–H groups in total. The fourth-order valence-corrected chi connectivity index (χ4v) is 2.13. The Morgan fingerprint density at radius 1 is 1.33 bits per heavy atom. The molecule has 0 unspecified atom stereocenters. The van der Waals surface area contributed by atoms with Crippen molar-refractivity contribution in [2.45, 2.75) is 6.92 Å². The van der Waals surface area contributed by atoms with Gasteiger partial charge in [0.15, 0.2) is 0 Å². The first-order valence-corrected chi connectivity index (χ1v) is 5.24. The van der Waals surface area contributed by atoms with Gasteiger partial charge in [0, 0.05) is 5.56 Å². The molecular weight excluding hydrogens is 210 g/mol. The normalized spacial score (nSPS) is 10.2. The molecule has 2 rings (SSSR count). The van der Waals surface area contributed by atoms with E-state index >= 15 is 0 Å². The first kappa shape index (κ1) is 9.86. The van der Waals surface area contributed by atoms with Crippen molar-refractivity contribution in [2.75, 3.05) is 0 Å². The van der Waals surface area contributed by atoms with E-state index in [-0.39, 0.29) is 4.88 Å². The van der Waals surface area contributed by atoms with Gasteiger partial charge in [0.2, 0.25) is 0 Å². The summed E-state index contributed by atoms with van der Waals surface area (Å²) in [6.45, 7) is 1.78. The average molecular weight is 218 g/mol. The van der Waals surface area contributed by atoms with Crippen LogP contribution in [0.3, 0.4) is 0 Å². The van der Waals surface area contributed by atoms with Gasteiger partial charge < -0.3 is 9.90 Å². The van der Waals surface area contributed by atoms with E-state index in [0.717, 1.165) is 21.9 Å². The van der Waals surface area contributed by atoms with Crippen LogP contribution in [0.4, 0.5) is 0 Å². The van der Waals surface area contributed by atoms with Gasteiger partial charge in [-0.05, 0) is 6.92 Å². The van der Waals surface area contributed by atoms with Crippen molar-refractivity contribution in [1.29, 1.82) is 0 Å². The molecule has 0 atom stereocenters. The van der Waals surface area contributed by atoms with Crippen molar-refractivity contribution in [2.24, 2.45) is 0 Å². The van der Waals surface area contributed by atoms with Crippen LogP contribution in [0.15, 0.2) is 30.3 Å². The van der Waals surface area contributed by atoms with Crippen molar-refractivity contribution in [3.8, 4) is 11.3 Å². The van der Waals surface area contributed by atoms with Crippen molar-refractivity contribution in [1.82, 2.24) is 4.98 Å². The third-order valence-electron chi connectivity index (χ3n) is 1.97. The number of carboxylic acids is 1. The molecule has 0 aliphatic carbocycles. The van der Waals surface area contributed by atoms with Gasteiger partial charge in [-0.1, -0.05) is 30.3 Å². The van der Waals surface area contributed by atoms with E-state index in [0.29, 0.717) is 5.69 Å². The van der Waals surface area contributed by atoms with E-state index in [4.69, 9.17) is 0 Å². The smallest absolute Gasteiger partial charge is 0.0908 e. The van der Waals surface area contributed by atoms with Gasteiger partial charge in [0.05, 0.1) is 21.5 Å². The first-order valence-electron chi connectivity index (χ1n) is 4.42. The quantitative estimate of drug-likeness (QED) is 0.767. The minimum Gasteiger partial charge on any atom is -0.544 e. The minimum absolute atomic E-state index is 0.193. The number of carbonyl (C=O) groups excluding carboxylic acids is 1. The molecule has 2 aromatic rings. The van der Waals surface area contributed by atoms with Crippen LogP contribution in [0.25, 0.3) is 11.3 Å². The number of hydrogen-bond acceptors (Lipinski definition) is 4. The highest BCUT2D eigenvalue weighted by Crippen LogP contribution is 2.27. The van der Waals surface area contributed by atoms with Crippen LogP contribution in [-0.2, 0) is 0 Å². The molecule has 0 aliphatic rings. The van der Waals surface area contributed by atoms with Crippen molar-refractivity contribution >= 4 is 17.3 Å². The number of carboxylic acid groups (broad SMARTS) is 1. The van der Waals surface area contributed by atoms with Gasteiger partial charge in [0.1, 0.15) is 0 Å². The number of aryl methyl sites for hydroxylation is 1. The number of aromatic nitrogens is 1. The van der Waals surface area contributed by atoms with Crippen molar-refractivity contribution < 1.29 is 9.90 Å². The van der Waals surface area contributed by atoms with Crippen molar-refractivity contribution in [3.05, 3.63) is 40.2 Å². The Bertz CT molecular complexity index is 491. The largest absolute Gasteiger partial charge is 0.544 e. The molecule has 1 aromatic heterocycles. The summed E-state index contributed by atoms with van der Waals surface area (Å²) in [5.41, 5.74) is 1.30. The molecule has 76 valence electrons. The molecule has 0 saturated carbocycles. The molecular formula is C11H8NO2S-. The maximum atomic E-state index is 10.9. The number of nitrogens with zero attached hydrogens (tertiary/aromatic N) is 1. The summed E-state index contributed by atoms with van der Waals surface area (Å²) in [5.74, 6) is -1.17. The second-order valence-electron chi connectivity index (χ2n) is 3.06. The van der Waals surface area contributed by atoms with E-state index in [1.807, 2.05) is 30.3 Å². The average Bonchev–Trinajstić information content (AvgIpc) is 2.62. The zero-order valence-electron chi connectivity index (χ0n) is 8.06. The van der Waals surface area contributed by atoms with Gasteiger partial charge in [-0.2, -0.15) is 0 Å². The van der Waals surface area contributed by atoms with Crippen LogP contribution < -0.4 is 5.11 Å². The van der Waals surface area contributed by atoms with Gasteiger partial charge in [-0.15, -0.1) is 11.3 Å². The zero-order valence-corrected chi connectivity index (χ0v) is 8.88. The Kier molecular flexibility index (Phi) is 2.51. The molecule has 0 fully saturated rings. The number of carbonyl (C=O) groups is 1. The molecule has 3 nitrogen and oxygen atoms in total. The SMILES string of the molecule is Cc1nc(-c2ccccc2)c(C(=O)[O-])s1. The maximum absolute atomic E-state index is 10.9. The topological polar surface area (TPSA) is 53.0 Å². The fourth-order valence-electron chi connectivity index (χ4n) is 1.36. The Hall–Kier alpha value is -1.68. The molecule has 0 bridgehead atoms. The highest BCUT2D eigenvalue weighted by molar-refractivity contribution is 7.14. The van der Waals surface area contributed by atoms with Crippen molar-refractivity contribution in [3.63, 3.8) is 0 Å². The highest BCUT2D eigenvalue weighted by Gasteiger charge is 2.11. The van der Waals surface area contributed by atoms with Crippen LogP contribution in [0.1, 0.15) is 14.7 Å². The summed E-state index contributed by atoms with van der Waals surface area (Å²) in [5, 5.41) is 11.6. The summed E-state index contributed by atoms with van der Waals surface area (Å²) in [6, 6.07) is 9.25. The summed E-state index contributed by atoms with van der Waals surface area (Å²) in [6.07, 6.45) is 0. The fraction of sp³-hybridized carbons (Fsp3) is 0.0909. The second-order valence-corrected chi connectivity index (χ2v) is 4.27. The third kappa shape index (κ3) is 1.89. The number of thiazole rings is 1. The monoisotopic (exact) mass is 218 g/mol. The Labute approximate surface area is 91.0 Å². The van der Waals surface area contributed by atoms with Crippen LogP contribution in [-0.4, -0.2) is 11.0 Å². The number of aromatic carboxylic acids is 1. The molecule has 0 aliphatic heterocycles. The van der Waals surface area contributed by atoms with Crippen LogP contribution in [0.2, 0.25) is 0 Å². The Morgan fingerprint density at radius 3 is 2.60 bits per heavy atom. The van der Waals surface area contributed by atoms with E-state index in [2.05, 4.69) is 4.98 Å².